The van der Waals surface area contributed by atoms with Crippen LogP contribution in [-0.2, 0) is 11.3 Å². The lowest BCUT2D eigenvalue weighted by Crippen LogP contribution is -2.30. The minimum atomic E-state index is -0.400. The summed E-state index contributed by atoms with van der Waals surface area (Å²) in [5.74, 6) is 0.343. The van der Waals surface area contributed by atoms with Gasteiger partial charge in [-0.15, -0.1) is 11.3 Å². The lowest BCUT2D eigenvalue weighted by molar-refractivity contribution is -0.121. The van der Waals surface area contributed by atoms with Crippen molar-refractivity contribution >= 4 is 33.7 Å². The second-order valence-electron chi connectivity index (χ2n) is 5.71. The number of benzene rings is 1. The van der Waals surface area contributed by atoms with Gasteiger partial charge in [0, 0.05) is 4.88 Å². The van der Waals surface area contributed by atoms with Crippen molar-refractivity contribution in [2.24, 2.45) is 5.10 Å². The smallest absolute Gasteiger partial charge is 0.262 e. The molecule has 1 aromatic carbocycles. The second kappa shape index (κ2) is 7.49. The molecule has 0 radical (unpaired) electrons. The van der Waals surface area contributed by atoms with Gasteiger partial charge < -0.3 is 4.74 Å². The first-order valence-electron chi connectivity index (χ1n) is 7.90. The van der Waals surface area contributed by atoms with E-state index in [4.69, 9.17) is 4.74 Å². The van der Waals surface area contributed by atoms with E-state index in [0.717, 1.165) is 21.8 Å². The molecule has 1 amide bonds. The zero-order chi connectivity index (χ0) is 18.7. The van der Waals surface area contributed by atoms with Gasteiger partial charge in [-0.3, -0.25) is 14.2 Å². The largest absolute Gasteiger partial charge is 0.497 e. The highest BCUT2D eigenvalue weighted by molar-refractivity contribution is 7.18. The van der Waals surface area contributed by atoms with E-state index in [0.29, 0.717) is 10.2 Å². The minimum absolute atomic E-state index is 0.143. The lowest BCUT2D eigenvalue weighted by Gasteiger charge is -2.04. The van der Waals surface area contributed by atoms with Crippen LogP contribution in [0.4, 0.5) is 0 Å². The number of nitrogens with one attached hydrogen (secondary N) is 1. The number of rotatable bonds is 5. The third-order valence-electron chi connectivity index (χ3n) is 3.99. The van der Waals surface area contributed by atoms with Gasteiger partial charge in [-0.2, -0.15) is 5.10 Å². The maximum atomic E-state index is 12.6. The predicted molar refractivity (Wildman–Crippen MR) is 102 cm³/mol. The van der Waals surface area contributed by atoms with Crippen molar-refractivity contribution in [1.82, 2.24) is 15.0 Å². The van der Waals surface area contributed by atoms with Gasteiger partial charge in [0.2, 0.25) is 0 Å². The first-order chi connectivity index (χ1) is 12.5. The Hall–Kier alpha value is -3.00. The molecule has 2 aromatic heterocycles. The lowest BCUT2D eigenvalue weighted by atomic mass is 10.2. The molecule has 0 aliphatic carbocycles. The zero-order valence-electron chi connectivity index (χ0n) is 14.6. The van der Waals surface area contributed by atoms with Gasteiger partial charge in [0.05, 0.1) is 25.0 Å². The van der Waals surface area contributed by atoms with Crippen LogP contribution in [0.1, 0.15) is 16.0 Å². The van der Waals surface area contributed by atoms with Gasteiger partial charge in [0.15, 0.2) is 0 Å². The number of thiophene rings is 1. The number of hydrogen-bond acceptors (Lipinski definition) is 6. The van der Waals surface area contributed by atoms with E-state index in [1.807, 2.05) is 26.0 Å². The summed E-state index contributed by atoms with van der Waals surface area (Å²) >= 11 is 1.48. The van der Waals surface area contributed by atoms with Gasteiger partial charge >= 0.3 is 0 Å². The molecule has 3 aromatic rings. The standard InChI is InChI=1S/C18H18N4O3S/c1-11-12(2)26-17-16(11)18(24)22(10-19-17)9-15(23)21-20-8-13-4-6-14(25-3)7-5-13/h4-8,10H,9H2,1-3H3,(H,21,23). The van der Waals surface area contributed by atoms with Crippen LogP contribution in [-0.4, -0.2) is 28.8 Å². The molecule has 0 aliphatic rings. The van der Waals surface area contributed by atoms with Crippen LogP contribution < -0.4 is 15.7 Å². The molecule has 0 saturated carbocycles. The summed E-state index contributed by atoms with van der Waals surface area (Å²) in [6, 6.07) is 7.24. The van der Waals surface area contributed by atoms with Gasteiger partial charge in [-0.05, 0) is 49.2 Å². The number of nitrogens with zero attached hydrogens (tertiary/aromatic N) is 3. The minimum Gasteiger partial charge on any atom is -0.497 e. The number of fused-ring (bicyclic) bond motifs is 1. The summed E-state index contributed by atoms with van der Waals surface area (Å²) in [6.45, 7) is 3.70. The molecule has 0 unspecified atom stereocenters. The van der Waals surface area contributed by atoms with Crippen molar-refractivity contribution in [3.05, 3.63) is 57.0 Å². The highest BCUT2D eigenvalue weighted by atomic mass is 32.1. The summed E-state index contributed by atoms with van der Waals surface area (Å²) < 4.78 is 6.37. The Morgan fingerprint density at radius 1 is 1.35 bits per heavy atom. The number of methoxy groups -OCH3 is 1. The van der Waals surface area contributed by atoms with Crippen molar-refractivity contribution in [3.8, 4) is 5.75 Å². The van der Waals surface area contributed by atoms with Crippen molar-refractivity contribution in [3.63, 3.8) is 0 Å². The van der Waals surface area contributed by atoms with E-state index in [1.54, 1.807) is 19.2 Å². The maximum Gasteiger partial charge on any atom is 0.262 e. The van der Waals surface area contributed by atoms with Crippen LogP contribution in [0.2, 0.25) is 0 Å². The average molecular weight is 370 g/mol. The molecule has 0 bridgehead atoms. The van der Waals surface area contributed by atoms with Crippen LogP contribution in [0.3, 0.4) is 0 Å². The number of hydrogen-bond donors (Lipinski definition) is 1. The molecule has 1 N–H and O–H groups in total. The van der Waals surface area contributed by atoms with Crippen LogP contribution in [0.25, 0.3) is 10.2 Å². The first-order valence-corrected chi connectivity index (χ1v) is 8.72. The highest BCUT2D eigenvalue weighted by Gasteiger charge is 2.13. The topological polar surface area (TPSA) is 85.6 Å². The number of amides is 1. The molecule has 0 saturated heterocycles. The van der Waals surface area contributed by atoms with Crippen molar-refractivity contribution in [2.45, 2.75) is 20.4 Å². The van der Waals surface area contributed by atoms with Crippen LogP contribution in [0, 0.1) is 13.8 Å². The fourth-order valence-corrected chi connectivity index (χ4v) is 3.43. The molecular formula is C18H18N4O3S. The Balaban J connectivity index is 1.69. The summed E-state index contributed by atoms with van der Waals surface area (Å²) in [5, 5.41) is 4.48. The Labute approximate surface area is 154 Å². The van der Waals surface area contributed by atoms with Crippen LogP contribution in [0.5, 0.6) is 5.75 Å². The fourth-order valence-electron chi connectivity index (χ4n) is 2.44. The maximum absolute atomic E-state index is 12.6. The number of hydrazone groups is 1. The first kappa shape index (κ1) is 17.8. The molecule has 0 fully saturated rings. The normalized spacial score (nSPS) is 11.2. The Kier molecular flexibility index (Phi) is 5.13. The van der Waals surface area contributed by atoms with Crippen molar-refractivity contribution < 1.29 is 9.53 Å². The number of carbonyl (C=O) groups is 1. The zero-order valence-corrected chi connectivity index (χ0v) is 15.5. The molecule has 0 spiro atoms. The third-order valence-corrected chi connectivity index (χ3v) is 5.10. The second-order valence-corrected chi connectivity index (χ2v) is 6.91. The van der Waals surface area contributed by atoms with E-state index in [1.165, 1.54) is 28.4 Å². The predicted octanol–water partition coefficient (Wildman–Crippen LogP) is 2.23. The van der Waals surface area contributed by atoms with Crippen molar-refractivity contribution in [1.29, 1.82) is 0 Å². The Bertz CT molecular complexity index is 1040. The number of aromatic nitrogens is 2. The van der Waals surface area contributed by atoms with E-state index in [-0.39, 0.29) is 12.1 Å². The van der Waals surface area contributed by atoms with Crippen molar-refractivity contribution in [2.75, 3.05) is 7.11 Å². The number of ether oxygens (including phenoxy) is 1. The van der Waals surface area contributed by atoms with Crippen LogP contribution >= 0.6 is 11.3 Å². The summed E-state index contributed by atoms with van der Waals surface area (Å²) in [4.78, 5) is 30.6. The SMILES string of the molecule is COc1ccc(C=NNC(=O)Cn2cnc3sc(C)c(C)c3c2=O)cc1. The Morgan fingerprint density at radius 3 is 2.77 bits per heavy atom. The van der Waals surface area contributed by atoms with E-state index in [2.05, 4.69) is 15.5 Å². The summed E-state index contributed by atoms with van der Waals surface area (Å²) in [6.07, 6.45) is 2.92. The molecule has 26 heavy (non-hydrogen) atoms. The average Bonchev–Trinajstić information content (AvgIpc) is 2.93. The van der Waals surface area contributed by atoms with Gasteiger partial charge in [-0.25, -0.2) is 10.4 Å². The fraction of sp³-hybridized carbons (Fsp3) is 0.222. The number of aryl methyl sites for hydroxylation is 2. The van der Waals surface area contributed by atoms with E-state index in [9.17, 15) is 9.59 Å². The highest BCUT2D eigenvalue weighted by Crippen LogP contribution is 2.25. The Morgan fingerprint density at radius 2 is 2.08 bits per heavy atom. The third kappa shape index (κ3) is 3.65. The molecule has 0 aliphatic heterocycles. The molecule has 134 valence electrons. The quantitative estimate of drug-likeness (QED) is 0.551. The number of carbonyl (C=O) groups excluding carboxylic acids is 1. The molecule has 8 heteroatoms. The summed E-state index contributed by atoms with van der Waals surface area (Å²) in [7, 11) is 1.59. The molecule has 0 atom stereocenters. The molecule has 7 nitrogen and oxygen atoms in total. The van der Waals surface area contributed by atoms with Crippen LogP contribution in [0.15, 0.2) is 40.5 Å². The van der Waals surface area contributed by atoms with Gasteiger partial charge in [0.1, 0.15) is 17.1 Å². The van der Waals surface area contributed by atoms with Gasteiger partial charge in [-0.1, -0.05) is 0 Å². The van der Waals surface area contributed by atoms with E-state index < -0.39 is 5.91 Å². The molecule has 3 rings (SSSR count). The monoisotopic (exact) mass is 370 g/mol. The van der Waals surface area contributed by atoms with E-state index >= 15 is 0 Å². The summed E-state index contributed by atoms with van der Waals surface area (Å²) in [5.41, 5.74) is 3.93. The molecule has 2 heterocycles. The molecular weight excluding hydrogens is 352 g/mol. The van der Waals surface area contributed by atoms with Gasteiger partial charge in [0.25, 0.3) is 11.5 Å².